The van der Waals surface area contributed by atoms with Gasteiger partial charge in [-0.3, -0.25) is 18.6 Å². The van der Waals surface area contributed by atoms with E-state index < -0.39 is 143 Å². The Labute approximate surface area is 707 Å². The fourth-order valence-corrected chi connectivity index (χ4v) is 19.6. The number of carbonyl (C=O) groups excluding carboxylic acids is 2. The van der Waals surface area contributed by atoms with E-state index in [0.717, 1.165) is 43.1 Å². The van der Waals surface area contributed by atoms with Crippen LogP contribution in [0.4, 0.5) is 52.7 Å². The lowest BCUT2D eigenvalue weighted by Gasteiger charge is -2.29. The first-order valence-corrected chi connectivity index (χ1v) is 41.6. The van der Waals surface area contributed by atoms with Gasteiger partial charge in [-0.1, -0.05) is 50.2 Å². The van der Waals surface area contributed by atoms with Gasteiger partial charge in [-0.25, -0.2) is 64.7 Å². The molecule has 2 aromatic carbocycles. The van der Waals surface area contributed by atoms with E-state index in [0.29, 0.717) is 0 Å². The van der Waals surface area contributed by atoms with Crippen molar-refractivity contribution in [3.8, 4) is 35.8 Å². The summed E-state index contributed by atoms with van der Waals surface area (Å²) in [7, 11) is -8.04. The van der Waals surface area contributed by atoms with Crippen LogP contribution in [0, 0.1) is 57.2 Å². The Morgan fingerprint density at radius 3 is 1.10 bits per heavy atom. The van der Waals surface area contributed by atoms with Crippen molar-refractivity contribution < 1.29 is 104 Å². The molecule has 12 heterocycles. The highest BCUT2D eigenvalue weighted by Gasteiger charge is 2.73. The highest BCUT2D eigenvalue weighted by molar-refractivity contribution is 9.10. The summed E-state index contributed by atoms with van der Waals surface area (Å²) in [6, 6.07) is 28.9. The normalized spacial score (nSPS) is 30.2. The molecule has 52 heteroatoms. The van der Waals surface area contributed by atoms with E-state index in [2.05, 4.69) is 114 Å². The van der Waals surface area contributed by atoms with Gasteiger partial charge < -0.3 is 93.0 Å². The maximum Gasteiger partial charge on any atom is 0.379 e. The Hall–Kier alpha value is -9.90. The van der Waals surface area contributed by atoms with Crippen molar-refractivity contribution in [2.45, 2.75) is 117 Å². The molecular formula is C68H70Br4F4N24O18P2. The van der Waals surface area contributed by atoms with Crippen LogP contribution in [-0.4, -0.2) is 216 Å². The van der Waals surface area contributed by atoms with E-state index in [-0.39, 0.29) is 116 Å². The summed E-state index contributed by atoms with van der Waals surface area (Å²) in [4.78, 5) is 46.9. The average Bonchev–Trinajstić information content (AvgIpc) is 1.57. The number of aromatic nitrogens is 14. The van der Waals surface area contributed by atoms with Gasteiger partial charge in [0.1, 0.15) is 131 Å². The number of para-hydroxylation sites is 2. The number of rotatable bonds is 22. The van der Waals surface area contributed by atoms with E-state index in [1.807, 2.05) is 0 Å². The average molecular weight is 1970 g/mol. The number of anilines is 6. The molecule has 120 heavy (non-hydrogen) atoms. The Morgan fingerprint density at radius 1 is 0.492 bits per heavy atom. The van der Waals surface area contributed by atoms with Crippen molar-refractivity contribution in [1.29, 1.82) is 21.0 Å². The van der Waals surface area contributed by atoms with Crippen LogP contribution in [0.15, 0.2) is 110 Å². The Morgan fingerprint density at radius 2 is 0.800 bits per heavy atom. The first-order valence-electron chi connectivity index (χ1n) is 34.9. The number of nitrogen functional groups attached to an aromatic ring is 6. The molecule has 0 bridgehead atoms. The number of halogens is 8. The number of nitriles is 4. The maximum atomic E-state index is 16.1. The molecule has 0 aliphatic carbocycles. The lowest BCUT2D eigenvalue weighted by Crippen LogP contribution is -2.46. The number of alkyl halides is 8. The molecular weight excluding hydrogens is 1900 g/mol. The van der Waals surface area contributed by atoms with Crippen LogP contribution in [0.5, 0.6) is 11.5 Å². The van der Waals surface area contributed by atoms with Crippen LogP contribution in [0.3, 0.4) is 0 Å². The summed E-state index contributed by atoms with van der Waals surface area (Å²) in [5, 5.41) is 115. The van der Waals surface area contributed by atoms with Crippen molar-refractivity contribution in [2.75, 3.05) is 73.2 Å². The van der Waals surface area contributed by atoms with Crippen molar-refractivity contribution >= 4 is 148 Å². The van der Waals surface area contributed by atoms with Gasteiger partial charge in [-0.2, -0.15) is 41.2 Å². The number of benzene rings is 2. The zero-order valence-corrected chi connectivity index (χ0v) is 70.6. The predicted octanol–water partition coefficient (Wildman–Crippen LogP) is 4.37. The Balaban J connectivity index is 0.000000161. The zero-order valence-electron chi connectivity index (χ0n) is 62.4. The number of nitrogens with two attached hydrogens (primary N) is 6. The van der Waals surface area contributed by atoms with E-state index in [1.165, 1.54) is 38.1 Å². The second kappa shape index (κ2) is 34.5. The van der Waals surface area contributed by atoms with Gasteiger partial charge in [0.15, 0.2) is 34.6 Å². The third-order valence-electron chi connectivity index (χ3n) is 19.5. The topological polar surface area (TPSA) is 661 Å². The van der Waals surface area contributed by atoms with Crippen molar-refractivity contribution in [3.05, 3.63) is 133 Å². The number of hydrogen-bond acceptors (Lipinski definition) is 38. The van der Waals surface area contributed by atoms with Crippen LogP contribution in [-0.2, 0) is 69.1 Å². The third-order valence-corrected chi connectivity index (χ3v) is 27.7. The summed E-state index contributed by atoms with van der Waals surface area (Å²) < 4.78 is 128. The van der Waals surface area contributed by atoms with Gasteiger partial charge in [-0.15, -0.1) is 10.2 Å². The minimum absolute atomic E-state index is 0.0205. The summed E-state index contributed by atoms with van der Waals surface area (Å²) >= 11 is 11.1. The molecule has 20 atom stereocenters. The molecule has 4 saturated heterocycles. The summed E-state index contributed by atoms with van der Waals surface area (Å²) in [5.41, 5.74) is 25.0. The van der Waals surface area contributed by atoms with Gasteiger partial charge in [0.25, 0.3) is 0 Å². The summed E-state index contributed by atoms with van der Waals surface area (Å²) in [6.07, 6.45) is -9.15. The number of ether oxygens (including phenoxy) is 4. The smallest absolute Gasteiger partial charge is 0.379 e. The molecule has 18 N–H and O–H groups in total. The first-order chi connectivity index (χ1) is 56.4. The molecule has 10 aromatic rings. The van der Waals surface area contributed by atoms with E-state index in [1.54, 1.807) is 98.8 Å². The van der Waals surface area contributed by atoms with Crippen LogP contribution in [0.25, 0.3) is 22.3 Å². The Kier molecular flexibility index (Phi) is 26.2. The van der Waals surface area contributed by atoms with Gasteiger partial charge in [0.2, 0.25) is 52.6 Å². The van der Waals surface area contributed by atoms with Crippen LogP contribution in [0.1, 0.15) is 50.5 Å². The maximum absolute atomic E-state index is 16.1. The number of hydrogen-bond donors (Lipinski definition) is 12. The van der Waals surface area contributed by atoms with E-state index in [4.69, 9.17) is 71.4 Å². The quantitative estimate of drug-likeness (QED) is 0.0254. The van der Waals surface area contributed by atoms with Crippen LogP contribution < -0.4 is 43.4 Å². The van der Waals surface area contributed by atoms with Crippen molar-refractivity contribution in [2.24, 2.45) is 11.8 Å². The first kappa shape index (κ1) is 90.9. The zero-order chi connectivity index (χ0) is 88.0. The molecule has 6 unspecified atom stereocenters. The highest BCUT2D eigenvalue weighted by Crippen LogP contribution is 2.60. The summed E-state index contributed by atoms with van der Waals surface area (Å²) in [5.74, 6) is -1.79. The van der Waals surface area contributed by atoms with Gasteiger partial charge >= 0.3 is 15.2 Å². The number of aliphatic hydroxyl groups excluding tert-OH is 6. The second-order valence-corrected chi connectivity index (χ2v) is 35.9. The van der Waals surface area contributed by atoms with E-state index in [9.17, 15) is 70.4 Å². The van der Waals surface area contributed by atoms with E-state index >= 15 is 17.6 Å². The molecule has 4 fully saturated rings. The minimum atomic E-state index is -4.03. The third kappa shape index (κ3) is 16.0. The lowest BCUT2D eigenvalue weighted by molar-refractivity contribution is -0.120. The van der Waals surface area contributed by atoms with Gasteiger partial charge in [-0.05, 0) is 126 Å². The number of imidazole rings is 2. The minimum Gasteiger partial charge on any atom is -0.424 e. The number of ketones is 2. The second-order valence-electron chi connectivity index (χ2n) is 27.2. The molecule has 0 spiro atoms. The Bertz CT molecular complexity index is 5810. The number of Topliss-reactive ketones (excluding diaryl/α,β-unsaturated/α-hetero) is 2. The van der Waals surface area contributed by atoms with Crippen molar-refractivity contribution in [3.63, 3.8) is 0 Å². The molecule has 0 radical (unpaired) electrons. The molecule has 4 aliphatic heterocycles. The van der Waals surface area contributed by atoms with Crippen molar-refractivity contribution in [1.82, 2.24) is 68.4 Å². The standard InChI is InChI=1S/C23H25BrFN6O6P.C22H23BrFN6O6P.C12H12BrFN6O3.C11H10BrFN6O3/c1-13(14(2)32)11-38(34,37-15-6-4-3-5-7-15)35-10-17-19(33)23(24,25)22(12-26,36-17)18-9-8-16-20(27)29-21(28)30-31(16)18;1-13(14(2)31)10-37(33,36-15-6-4-3-5-7-15)34-9-16-18(32)22(23,24)21(11-25,35-16)17-8-27-20-19(26)28-12-29-30(17)20;13-12(14)8(22)6(3-21)23-11(12,4-15)7-2-1-5-9(16)18-10(17)19-20(5)7;12-11(13)7(21)5(2-20)22-10(11,3-14)6-1-16-9-8(15)17-4-18-19(6)9/h3-9,13,17,19,33H,10-11H2,1-2H3,(H4,27,28,29,30);3-8,12-13,16,18,32H,9-10H2,1-2H3,(H2,26,28,29);1-2,6,8,21-22H,3H2,(H4,16,17,18,19);1,4-5,7,20-21H,2H2,(H2,15,17,18)/t13-,17-,19+,22+,23?,38?;13-,16-,18+,21+,22?,37?;6-,8+,11+,12?;5-,7+,10+,11?/m1111/s1. The number of fused-ring (bicyclic) bond motifs is 4. The predicted molar refractivity (Wildman–Crippen MR) is 423 cm³/mol. The SMILES string of the molecule is CC(=O)[C@H](C)CP(=O)(OC[C@H]1O[C@@](C#N)(c2ccc3c(N)nc(N)nn23)C(F)(Br)[C@H]1O)Oc1ccccc1.CC(=O)[C@H](C)CP(=O)(OC[C@H]1O[C@@](C#N)(c2cnc3c(N)ncnn23)C(F)(Br)[C@H]1O)Oc1ccccc1.N#C[C@@]1(c2ccc3c(N)nc(N)nn23)O[C@H](CO)[C@H](O)C1(F)Br.N#C[C@@]1(c2cnc3c(N)ncnn23)O[C@H](CO)[C@H](O)C1(F)Br. The highest BCUT2D eigenvalue weighted by atomic mass is 79.9. The fraction of sp³-hybridized carbons (Fsp3) is 0.412. The molecule has 4 aliphatic rings. The number of aliphatic hydroxyl groups is 6. The summed E-state index contributed by atoms with van der Waals surface area (Å²) in [6.45, 7) is 3.20. The molecule has 0 amide bonds. The molecule has 8 aromatic heterocycles. The van der Waals surface area contributed by atoms with Crippen LogP contribution >= 0.6 is 78.9 Å². The van der Waals surface area contributed by atoms with Crippen LogP contribution in [0.2, 0.25) is 0 Å². The molecule has 0 saturated carbocycles. The molecule has 14 rings (SSSR count). The van der Waals surface area contributed by atoms with Gasteiger partial charge in [0, 0.05) is 11.8 Å². The monoisotopic (exact) mass is 1960 g/mol. The lowest BCUT2D eigenvalue weighted by atomic mass is 9.93. The number of carbonyl (C=O) groups is 2. The van der Waals surface area contributed by atoms with Gasteiger partial charge in [0.05, 0.1) is 62.5 Å². The molecule has 636 valence electrons. The number of nitrogens with zero attached hydrogens (tertiary/aromatic N) is 18. The molecule has 42 nitrogen and oxygen atoms in total. The largest absolute Gasteiger partial charge is 0.424 e. The fourth-order valence-electron chi connectivity index (χ4n) is 12.9.